The van der Waals surface area contributed by atoms with Gasteiger partial charge in [-0.2, -0.15) is 0 Å². The molecule has 80 heavy (non-hydrogen) atoms. The first-order valence-corrected chi connectivity index (χ1v) is 27.7. The Hall–Kier alpha value is -10.2. The first kappa shape index (κ1) is 47.1. The minimum atomic E-state index is 0.0243. The van der Waals surface area contributed by atoms with E-state index in [1.54, 1.807) is 0 Å². The lowest BCUT2D eigenvalue weighted by Gasteiger charge is -2.28. The van der Waals surface area contributed by atoms with E-state index in [-0.39, 0.29) is 5.41 Å². The summed E-state index contributed by atoms with van der Waals surface area (Å²) in [5, 5.41) is 12.1. The summed E-state index contributed by atoms with van der Waals surface area (Å²) in [4.78, 5) is 4.83. The van der Waals surface area contributed by atoms with Gasteiger partial charge in [-0.25, -0.2) is 0 Å². The first-order valence-electron chi connectivity index (χ1n) is 27.7. The first-order chi connectivity index (χ1) is 39.3. The third-order valence-electron chi connectivity index (χ3n) is 16.4. The number of benzene rings is 13. The van der Waals surface area contributed by atoms with Crippen molar-refractivity contribution in [3.8, 4) is 22.5 Å². The quantitative estimate of drug-likeness (QED) is 0.143. The molecular formula is C76H56N4. The molecule has 15 aromatic rings. The molecule has 0 bridgehead atoms. The van der Waals surface area contributed by atoms with Gasteiger partial charge in [0.2, 0.25) is 0 Å². The molecule has 0 saturated heterocycles. The Morgan fingerprint density at radius 1 is 0.275 bits per heavy atom. The van der Waals surface area contributed by atoms with Crippen molar-refractivity contribution in [2.75, 3.05) is 9.80 Å². The van der Waals surface area contributed by atoms with Crippen LogP contribution in [0.1, 0.15) is 26.3 Å². The second kappa shape index (κ2) is 18.8. The van der Waals surface area contributed by atoms with E-state index >= 15 is 0 Å². The number of fused-ring (bicyclic) bond motifs is 11. The maximum Gasteiger partial charge on any atom is 0.0621 e. The molecule has 15 rings (SSSR count). The van der Waals surface area contributed by atoms with Gasteiger partial charge in [0.25, 0.3) is 0 Å². The van der Waals surface area contributed by atoms with Crippen LogP contribution in [-0.2, 0) is 5.41 Å². The summed E-state index contributed by atoms with van der Waals surface area (Å²) >= 11 is 0. The van der Waals surface area contributed by atoms with Gasteiger partial charge in [-0.15, -0.1) is 0 Å². The Balaban J connectivity index is 0.836. The molecule has 0 aliphatic rings. The highest BCUT2D eigenvalue weighted by atomic mass is 15.2. The molecule has 0 aliphatic carbocycles. The summed E-state index contributed by atoms with van der Waals surface area (Å²) in [6.07, 6.45) is 0. The van der Waals surface area contributed by atoms with Crippen LogP contribution in [0.2, 0.25) is 0 Å². The summed E-state index contributed by atoms with van der Waals surface area (Å²) in [5.41, 5.74) is 17.5. The predicted molar refractivity (Wildman–Crippen MR) is 341 cm³/mol. The number of para-hydroxylation sites is 5. The van der Waals surface area contributed by atoms with Gasteiger partial charge in [0, 0.05) is 77.2 Å². The minimum absolute atomic E-state index is 0.0243. The molecule has 0 fully saturated rings. The lowest BCUT2D eigenvalue weighted by Crippen LogP contribution is -2.13. The summed E-state index contributed by atoms with van der Waals surface area (Å²) in [6.45, 7) is 6.84. The highest BCUT2D eigenvalue weighted by Gasteiger charge is 2.24. The molecule has 0 saturated carbocycles. The van der Waals surface area contributed by atoms with Crippen molar-refractivity contribution in [3.63, 3.8) is 0 Å². The van der Waals surface area contributed by atoms with Gasteiger partial charge < -0.3 is 18.9 Å². The molecule has 0 radical (unpaired) electrons. The van der Waals surface area contributed by atoms with Gasteiger partial charge in [-0.3, -0.25) is 0 Å². The summed E-state index contributed by atoms with van der Waals surface area (Å²) in [5.74, 6) is 0. The van der Waals surface area contributed by atoms with Crippen LogP contribution in [0, 0.1) is 0 Å². The lowest BCUT2D eigenvalue weighted by molar-refractivity contribution is 0.590. The smallest absolute Gasteiger partial charge is 0.0621 e. The lowest BCUT2D eigenvalue weighted by atomic mass is 9.87. The Bertz CT molecular complexity index is 4800. The zero-order valence-corrected chi connectivity index (χ0v) is 44.9. The predicted octanol–water partition coefficient (Wildman–Crippen LogP) is 21.2. The van der Waals surface area contributed by atoms with Crippen LogP contribution in [0.15, 0.2) is 285 Å². The van der Waals surface area contributed by atoms with Crippen LogP contribution < -0.4 is 9.80 Å². The van der Waals surface area contributed by atoms with E-state index in [0.717, 1.165) is 45.5 Å². The Kier molecular flexibility index (Phi) is 11.1. The fraction of sp³-hybridized carbons (Fsp3) is 0.0526. The van der Waals surface area contributed by atoms with Crippen LogP contribution in [0.3, 0.4) is 0 Å². The molecule has 4 nitrogen and oxygen atoms in total. The number of aromatic nitrogens is 2. The highest BCUT2D eigenvalue weighted by Crippen LogP contribution is 2.47. The fourth-order valence-electron chi connectivity index (χ4n) is 12.6. The molecular weight excluding hydrogens is 969 g/mol. The summed E-state index contributed by atoms with van der Waals surface area (Å²) in [7, 11) is 0. The summed E-state index contributed by atoms with van der Waals surface area (Å²) < 4.78 is 4.91. The number of anilines is 6. The van der Waals surface area contributed by atoms with Gasteiger partial charge in [0.15, 0.2) is 0 Å². The number of nitrogens with zero attached hydrogens (tertiary/aromatic N) is 4. The van der Waals surface area contributed by atoms with Crippen LogP contribution in [0.4, 0.5) is 34.1 Å². The van der Waals surface area contributed by atoms with Crippen molar-refractivity contribution in [1.82, 2.24) is 9.13 Å². The van der Waals surface area contributed by atoms with Crippen molar-refractivity contribution in [2.45, 2.75) is 26.2 Å². The molecule has 0 atom stereocenters. The van der Waals surface area contributed by atoms with Crippen LogP contribution >= 0.6 is 0 Å². The largest absolute Gasteiger partial charge is 0.310 e. The second-order valence-electron chi connectivity index (χ2n) is 22.1. The molecule has 13 aromatic carbocycles. The number of hydrogen-bond donors (Lipinski definition) is 0. The van der Waals surface area contributed by atoms with Crippen molar-refractivity contribution in [2.24, 2.45) is 0 Å². The Labute approximate surface area is 465 Å². The molecule has 0 N–H and O–H groups in total. The zero-order chi connectivity index (χ0) is 53.5. The maximum atomic E-state index is 2.48. The van der Waals surface area contributed by atoms with E-state index in [2.05, 4.69) is 325 Å². The zero-order valence-electron chi connectivity index (χ0n) is 44.9. The fourth-order valence-corrected chi connectivity index (χ4v) is 12.6. The van der Waals surface area contributed by atoms with Crippen molar-refractivity contribution < 1.29 is 0 Å². The summed E-state index contributed by atoms with van der Waals surface area (Å²) in [6, 6.07) is 105. The minimum Gasteiger partial charge on any atom is -0.310 e. The standard InChI is InChI=1S/C76H56N4/c1-76(2,3)55-39-44-60(45-40-55)78(73-50-69-64-28-16-18-32-72(64)79(58-24-11-6-12-25-58)75(69)66-29-14-13-27-63(66)73)59-41-36-51(37-42-59)52-34-35-54-49-61(43-38-53(54)48-52)80-71-31-17-15-26-62(71)68-47-46-65-67(74(68)80)30-19-33-70(65)77(56-20-7-4-8-21-56)57-22-9-5-10-23-57/h4-50H,1-3H3. The molecule has 0 amide bonds. The van der Waals surface area contributed by atoms with E-state index in [1.165, 1.54) is 92.6 Å². The second-order valence-corrected chi connectivity index (χ2v) is 22.1. The van der Waals surface area contributed by atoms with Gasteiger partial charge in [0.1, 0.15) is 0 Å². The topological polar surface area (TPSA) is 16.3 Å². The van der Waals surface area contributed by atoms with Crippen LogP contribution in [0.25, 0.3) is 98.4 Å². The Morgan fingerprint density at radius 3 is 1.36 bits per heavy atom. The third-order valence-corrected chi connectivity index (χ3v) is 16.4. The Morgan fingerprint density at radius 2 is 0.713 bits per heavy atom. The number of rotatable bonds is 9. The van der Waals surface area contributed by atoms with E-state index in [4.69, 9.17) is 0 Å². The molecule has 0 unspecified atom stereocenters. The van der Waals surface area contributed by atoms with Gasteiger partial charge in [-0.05, 0) is 136 Å². The van der Waals surface area contributed by atoms with Crippen molar-refractivity contribution in [1.29, 1.82) is 0 Å². The van der Waals surface area contributed by atoms with Gasteiger partial charge in [-0.1, -0.05) is 203 Å². The molecule has 0 spiro atoms. The average Bonchev–Trinajstić information content (AvgIpc) is 4.21. The average molecular weight is 1030 g/mol. The van der Waals surface area contributed by atoms with Crippen LogP contribution in [0.5, 0.6) is 0 Å². The van der Waals surface area contributed by atoms with Gasteiger partial charge in [0.05, 0.1) is 33.4 Å². The van der Waals surface area contributed by atoms with E-state index < -0.39 is 0 Å². The molecule has 2 heterocycles. The van der Waals surface area contributed by atoms with E-state index in [1.807, 2.05) is 0 Å². The van der Waals surface area contributed by atoms with E-state index in [0.29, 0.717) is 0 Å². The molecule has 4 heteroatoms. The number of hydrogen-bond acceptors (Lipinski definition) is 2. The van der Waals surface area contributed by atoms with Crippen LogP contribution in [-0.4, -0.2) is 9.13 Å². The monoisotopic (exact) mass is 1020 g/mol. The normalized spacial score (nSPS) is 11.9. The maximum absolute atomic E-state index is 2.48. The third kappa shape index (κ3) is 7.74. The SMILES string of the molecule is CC(C)(C)c1ccc(N(c2ccc(-c3ccc4cc(-n5c6ccccc6c6ccc7c(N(c8ccccc8)c8ccccc8)cccc7c65)ccc4c3)cc2)c2cc3c4ccccc4n(-c4ccccc4)c3c3ccccc23)cc1. The molecule has 380 valence electrons. The van der Waals surface area contributed by atoms with Gasteiger partial charge >= 0.3 is 0 Å². The van der Waals surface area contributed by atoms with Crippen molar-refractivity contribution in [3.05, 3.63) is 291 Å². The van der Waals surface area contributed by atoms with Crippen molar-refractivity contribution >= 4 is 110 Å². The molecule has 0 aliphatic heterocycles. The molecule has 2 aromatic heterocycles. The van der Waals surface area contributed by atoms with E-state index in [9.17, 15) is 0 Å². The highest BCUT2D eigenvalue weighted by molar-refractivity contribution is 6.23.